The molecule has 0 fully saturated rings. The first-order valence-corrected chi connectivity index (χ1v) is 11.2. The number of anilines is 1. The van der Waals surface area contributed by atoms with Crippen molar-refractivity contribution in [3.8, 4) is 11.5 Å². The second-order valence-corrected chi connectivity index (χ2v) is 8.46. The van der Waals surface area contributed by atoms with Crippen molar-refractivity contribution in [1.82, 2.24) is 29.6 Å². The average molecular weight is 487 g/mol. The predicted molar refractivity (Wildman–Crippen MR) is 127 cm³/mol. The summed E-state index contributed by atoms with van der Waals surface area (Å²) in [7, 11) is 0. The number of nitrogens with zero attached hydrogens (tertiary/aromatic N) is 6. The summed E-state index contributed by atoms with van der Waals surface area (Å²) in [6, 6.07) is 11.9. The second kappa shape index (κ2) is 9.62. The Labute approximate surface area is 205 Å². The van der Waals surface area contributed by atoms with Gasteiger partial charge in [-0.1, -0.05) is 6.07 Å². The van der Waals surface area contributed by atoms with E-state index in [-0.39, 0.29) is 24.2 Å². The normalized spacial score (nSPS) is 13.4. The van der Waals surface area contributed by atoms with Crippen LogP contribution in [0.5, 0.6) is 0 Å². The number of carbonyl (C=O) groups is 2. The maximum atomic E-state index is 13.2. The highest BCUT2D eigenvalue weighted by molar-refractivity contribution is 6.02. The third-order valence-electron chi connectivity index (χ3n) is 5.95. The Morgan fingerprint density at radius 2 is 1.92 bits per heavy atom. The molecule has 1 aliphatic heterocycles. The topological polar surface area (TPSA) is 126 Å². The summed E-state index contributed by atoms with van der Waals surface area (Å²) in [5.74, 6) is -0.302. The van der Waals surface area contributed by atoms with E-state index in [0.717, 1.165) is 11.1 Å². The van der Waals surface area contributed by atoms with Gasteiger partial charge in [0.05, 0.1) is 12.6 Å². The largest absolute Gasteiger partial charge is 0.394 e. The average Bonchev–Trinajstić information content (AvgIpc) is 3.55. The lowest BCUT2D eigenvalue weighted by atomic mass is 10.1. The van der Waals surface area contributed by atoms with Crippen molar-refractivity contribution >= 4 is 17.6 Å². The van der Waals surface area contributed by atoms with Crippen molar-refractivity contribution in [2.75, 3.05) is 11.9 Å². The standard InChI is InChI=1S/C25H22FN7O3/c1-15(13-34)33-14-28-31-23(33)20-3-2-4-22(29-20)30-24(35)21-9-17-11-32(12-18(17)10-27-21)25(36)16-5-7-19(26)8-6-16/h2-10,14-15,34H,11-13H2,1H3,(H,29,30,35)/t15-/m1/s1. The number of nitrogens with one attached hydrogen (secondary N) is 1. The number of rotatable bonds is 6. The molecule has 0 spiro atoms. The maximum absolute atomic E-state index is 13.2. The number of hydrogen-bond donors (Lipinski definition) is 2. The van der Waals surface area contributed by atoms with Crippen molar-refractivity contribution in [2.45, 2.75) is 26.1 Å². The number of amides is 2. The first kappa shape index (κ1) is 23.2. The Kier molecular flexibility index (Phi) is 6.21. The zero-order chi connectivity index (χ0) is 25.2. The van der Waals surface area contributed by atoms with Crippen LogP contribution in [-0.4, -0.2) is 53.2 Å². The lowest BCUT2D eigenvalue weighted by Crippen LogP contribution is -2.25. The van der Waals surface area contributed by atoms with Crippen LogP contribution in [0.25, 0.3) is 11.5 Å². The van der Waals surface area contributed by atoms with Crippen LogP contribution in [0.15, 0.2) is 61.1 Å². The van der Waals surface area contributed by atoms with Gasteiger partial charge in [0.1, 0.15) is 29.4 Å². The van der Waals surface area contributed by atoms with Gasteiger partial charge in [0, 0.05) is 24.8 Å². The molecule has 10 nitrogen and oxygen atoms in total. The molecule has 0 saturated heterocycles. The summed E-state index contributed by atoms with van der Waals surface area (Å²) in [4.78, 5) is 36.0. The van der Waals surface area contributed by atoms with Crippen molar-refractivity contribution in [3.63, 3.8) is 0 Å². The van der Waals surface area contributed by atoms with Gasteiger partial charge in [-0.05, 0) is 60.5 Å². The molecule has 3 aromatic heterocycles. The van der Waals surface area contributed by atoms with Crippen LogP contribution in [0.3, 0.4) is 0 Å². The first-order chi connectivity index (χ1) is 17.4. The van der Waals surface area contributed by atoms with E-state index in [1.807, 2.05) is 6.92 Å². The van der Waals surface area contributed by atoms with Crippen LogP contribution in [0.4, 0.5) is 10.2 Å². The van der Waals surface area contributed by atoms with Gasteiger partial charge in [-0.25, -0.2) is 9.37 Å². The predicted octanol–water partition coefficient (Wildman–Crippen LogP) is 2.84. The third-order valence-corrected chi connectivity index (χ3v) is 5.95. The van der Waals surface area contributed by atoms with Gasteiger partial charge in [0.15, 0.2) is 5.82 Å². The number of halogens is 1. The second-order valence-electron chi connectivity index (χ2n) is 8.46. The van der Waals surface area contributed by atoms with E-state index in [0.29, 0.717) is 36.0 Å². The van der Waals surface area contributed by atoms with Crippen LogP contribution < -0.4 is 5.32 Å². The molecule has 0 saturated carbocycles. The molecule has 2 N–H and O–H groups in total. The van der Waals surface area contributed by atoms with Gasteiger partial charge in [-0.15, -0.1) is 10.2 Å². The van der Waals surface area contributed by atoms with Crippen LogP contribution in [0.2, 0.25) is 0 Å². The van der Waals surface area contributed by atoms with Gasteiger partial charge in [0.25, 0.3) is 11.8 Å². The van der Waals surface area contributed by atoms with E-state index >= 15 is 0 Å². The van der Waals surface area contributed by atoms with E-state index in [2.05, 4.69) is 25.5 Å². The van der Waals surface area contributed by atoms with Crippen LogP contribution in [0, 0.1) is 5.82 Å². The molecule has 4 aromatic rings. The Morgan fingerprint density at radius 1 is 1.14 bits per heavy atom. The molecule has 36 heavy (non-hydrogen) atoms. The number of pyridine rings is 2. The number of aromatic nitrogens is 5. The van der Waals surface area contributed by atoms with E-state index in [9.17, 15) is 19.1 Å². The highest BCUT2D eigenvalue weighted by Gasteiger charge is 2.26. The molecule has 1 aromatic carbocycles. The molecule has 4 heterocycles. The Hall–Kier alpha value is -4.51. The highest BCUT2D eigenvalue weighted by Crippen LogP contribution is 2.25. The summed E-state index contributed by atoms with van der Waals surface area (Å²) in [5.41, 5.74) is 2.74. The van der Waals surface area contributed by atoms with Crippen molar-refractivity contribution in [1.29, 1.82) is 0 Å². The highest BCUT2D eigenvalue weighted by atomic mass is 19.1. The SMILES string of the molecule is C[C@H](CO)n1cnnc1-c1cccc(NC(=O)c2cc3c(cn2)CN(C(=O)c2ccc(F)cc2)C3)n1. The van der Waals surface area contributed by atoms with Crippen LogP contribution >= 0.6 is 0 Å². The summed E-state index contributed by atoms with van der Waals surface area (Å²) >= 11 is 0. The van der Waals surface area contributed by atoms with Gasteiger partial charge in [-0.2, -0.15) is 0 Å². The summed E-state index contributed by atoms with van der Waals surface area (Å²) < 4.78 is 14.9. The molecule has 1 aliphatic rings. The number of aliphatic hydroxyl groups excluding tert-OH is 1. The smallest absolute Gasteiger partial charge is 0.275 e. The Balaban J connectivity index is 1.30. The fraction of sp³-hybridized carbons (Fsp3) is 0.200. The first-order valence-electron chi connectivity index (χ1n) is 11.2. The van der Waals surface area contributed by atoms with E-state index < -0.39 is 11.7 Å². The van der Waals surface area contributed by atoms with Gasteiger partial charge >= 0.3 is 0 Å². The van der Waals surface area contributed by atoms with Gasteiger partial charge < -0.3 is 19.9 Å². The van der Waals surface area contributed by atoms with Crippen molar-refractivity contribution in [3.05, 3.63) is 89.3 Å². The Morgan fingerprint density at radius 3 is 2.69 bits per heavy atom. The molecular formula is C25H22FN7O3. The fourth-order valence-electron chi connectivity index (χ4n) is 3.97. The number of carbonyl (C=O) groups excluding carboxylic acids is 2. The van der Waals surface area contributed by atoms with Crippen molar-refractivity contribution < 1.29 is 19.1 Å². The molecule has 0 unspecified atom stereocenters. The van der Waals surface area contributed by atoms with Crippen molar-refractivity contribution in [2.24, 2.45) is 0 Å². The summed E-state index contributed by atoms with van der Waals surface area (Å²) in [5, 5.41) is 20.2. The lowest BCUT2D eigenvalue weighted by Gasteiger charge is -2.15. The third kappa shape index (κ3) is 4.56. The molecular weight excluding hydrogens is 465 g/mol. The fourth-order valence-corrected chi connectivity index (χ4v) is 3.97. The molecule has 11 heteroatoms. The van der Waals surface area contributed by atoms with E-state index in [4.69, 9.17) is 0 Å². The summed E-state index contributed by atoms with van der Waals surface area (Å²) in [6.45, 7) is 2.42. The molecule has 0 radical (unpaired) electrons. The molecule has 0 bridgehead atoms. The van der Waals surface area contributed by atoms with Gasteiger partial charge in [0.2, 0.25) is 0 Å². The summed E-state index contributed by atoms with van der Waals surface area (Å²) in [6.07, 6.45) is 3.10. The minimum absolute atomic E-state index is 0.0849. The number of hydrogen-bond acceptors (Lipinski definition) is 7. The quantitative estimate of drug-likeness (QED) is 0.428. The number of aliphatic hydroxyl groups is 1. The monoisotopic (exact) mass is 487 g/mol. The maximum Gasteiger partial charge on any atom is 0.275 e. The van der Waals surface area contributed by atoms with Crippen LogP contribution in [-0.2, 0) is 13.1 Å². The minimum atomic E-state index is -0.448. The van der Waals surface area contributed by atoms with E-state index in [1.54, 1.807) is 39.9 Å². The molecule has 5 rings (SSSR count). The van der Waals surface area contributed by atoms with E-state index in [1.165, 1.54) is 30.6 Å². The van der Waals surface area contributed by atoms with Crippen LogP contribution in [0.1, 0.15) is 44.9 Å². The molecule has 2 amide bonds. The van der Waals surface area contributed by atoms with Gasteiger partial charge in [-0.3, -0.25) is 14.6 Å². The molecule has 182 valence electrons. The Bertz CT molecular complexity index is 1440. The number of benzene rings is 1. The zero-order valence-electron chi connectivity index (χ0n) is 19.3. The zero-order valence-corrected chi connectivity index (χ0v) is 19.3. The minimum Gasteiger partial charge on any atom is -0.394 e. The molecule has 1 atom stereocenters. The molecule has 0 aliphatic carbocycles. The lowest BCUT2D eigenvalue weighted by molar-refractivity contribution is 0.0751. The number of fused-ring (bicyclic) bond motifs is 1.